The molecule has 0 radical (unpaired) electrons. The van der Waals surface area contributed by atoms with E-state index < -0.39 is 0 Å². The van der Waals surface area contributed by atoms with Crippen molar-refractivity contribution in [3.05, 3.63) is 80.0 Å². The van der Waals surface area contributed by atoms with E-state index in [1.165, 1.54) is 0 Å². The van der Waals surface area contributed by atoms with Crippen LogP contribution in [-0.2, 0) is 4.74 Å². The van der Waals surface area contributed by atoms with E-state index >= 15 is 0 Å². The molecule has 6 nitrogen and oxygen atoms in total. The van der Waals surface area contributed by atoms with E-state index in [1.54, 1.807) is 22.9 Å². The smallest absolute Gasteiger partial charge is 0.286 e. The molecule has 0 bridgehead atoms. The third kappa shape index (κ3) is 5.42. The highest BCUT2D eigenvalue weighted by Crippen LogP contribution is 2.31. The summed E-state index contributed by atoms with van der Waals surface area (Å²) < 4.78 is 7.05. The number of nitrogens with zero attached hydrogens (tertiary/aromatic N) is 3. The second-order valence-corrected chi connectivity index (χ2v) is 9.03. The van der Waals surface area contributed by atoms with Crippen LogP contribution >= 0.6 is 34.8 Å². The third-order valence-corrected chi connectivity index (χ3v) is 6.12. The first-order chi connectivity index (χ1) is 15.8. The number of amides is 1. The molecule has 0 saturated carbocycles. The maximum Gasteiger partial charge on any atom is 0.286 e. The fraction of sp³-hybridized carbons (Fsp3) is 0.250. The number of carbonyl (C=O) groups is 1. The molecule has 3 aromatic rings. The summed E-state index contributed by atoms with van der Waals surface area (Å²) in [5.74, 6) is -0.282. The molecular formula is C24H23Cl3N4O2. The molecule has 1 saturated heterocycles. The van der Waals surface area contributed by atoms with E-state index in [0.717, 1.165) is 22.4 Å². The zero-order valence-electron chi connectivity index (χ0n) is 18.2. The second kappa shape index (κ2) is 10.3. The number of aromatic nitrogens is 2. The number of allylic oxidation sites excluding steroid dienone is 1. The summed E-state index contributed by atoms with van der Waals surface area (Å²) in [5, 5.41) is 8.11. The van der Waals surface area contributed by atoms with Gasteiger partial charge in [-0.05, 0) is 61.4 Å². The van der Waals surface area contributed by atoms with E-state index in [4.69, 9.17) is 39.5 Å². The molecule has 1 amide bonds. The van der Waals surface area contributed by atoms with Gasteiger partial charge >= 0.3 is 0 Å². The zero-order valence-corrected chi connectivity index (χ0v) is 20.5. The normalized spacial score (nSPS) is 15.0. The lowest BCUT2D eigenvalue weighted by atomic mass is 10.0. The Morgan fingerprint density at radius 3 is 2.52 bits per heavy atom. The Bertz CT molecular complexity index is 1220. The summed E-state index contributed by atoms with van der Waals surface area (Å²) in [7, 11) is 0. The quantitative estimate of drug-likeness (QED) is 0.485. The first-order valence-corrected chi connectivity index (χ1v) is 11.6. The number of ether oxygens (including phenoxy) is 1. The topological polar surface area (TPSA) is 59.4 Å². The Balaban J connectivity index is 1.80. The van der Waals surface area contributed by atoms with Crippen molar-refractivity contribution in [2.45, 2.75) is 13.8 Å². The van der Waals surface area contributed by atoms with Crippen LogP contribution in [0.25, 0.3) is 17.3 Å². The minimum atomic E-state index is -0.282. The molecule has 1 N–H and O–H groups in total. The molecule has 0 spiro atoms. The molecule has 2 aromatic carbocycles. The van der Waals surface area contributed by atoms with Crippen molar-refractivity contribution in [3.8, 4) is 5.69 Å². The molecule has 9 heteroatoms. The Morgan fingerprint density at radius 1 is 1.09 bits per heavy atom. The lowest BCUT2D eigenvalue weighted by Gasteiger charge is -2.26. The van der Waals surface area contributed by atoms with Gasteiger partial charge in [-0.25, -0.2) is 9.69 Å². The van der Waals surface area contributed by atoms with E-state index in [2.05, 4.69) is 10.5 Å². The number of benzene rings is 2. The van der Waals surface area contributed by atoms with Gasteiger partial charge in [-0.3, -0.25) is 10.2 Å². The van der Waals surface area contributed by atoms with Crippen LogP contribution in [0.3, 0.4) is 0 Å². The second-order valence-electron chi connectivity index (χ2n) is 7.75. The average Bonchev–Trinajstić information content (AvgIpc) is 3.11. The zero-order chi connectivity index (χ0) is 23.5. The first-order valence-electron chi connectivity index (χ1n) is 10.5. The Kier molecular flexibility index (Phi) is 7.41. The van der Waals surface area contributed by atoms with Gasteiger partial charge in [0.2, 0.25) is 0 Å². The molecule has 0 unspecified atom stereocenters. The number of halogens is 3. The SMILES string of the molecule is CC(=Cc1cccc(Cl)c1)c1c(C)c(C(=O)NN2CCOCC2)nn1-c1ccc(Cl)cc1Cl. The van der Waals surface area contributed by atoms with Gasteiger partial charge in [-0.1, -0.05) is 46.9 Å². The van der Waals surface area contributed by atoms with Crippen molar-refractivity contribution in [1.82, 2.24) is 20.2 Å². The molecule has 33 heavy (non-hydrogen) atoms. The minimum absolute atomic E-state index is 0.282. The molecule has 1 fully saturated rings. The number of rotatable bonds is 5. The lowest BCUT2D eigenvalue weighted by Crippen LogP contribution is -2.48. The van der Waals surface area contributed by atoms with E-state index in [1.807, 2.05) is 49.2 Å². The van der Waals surface area contributed by atoms with E-state index in [9.17, 15) is 4.79 Å². The Morgan fingerprint density at radius 2 is 1.82 bits per heavy atom. The maximum atomic E-state index is 13.1. The molecular weight excluding hydrogens is 483 g/mol. The molecule has 172 valence electrons. The van der Waals surface area contributed by atoms with Crippen molar-refractivity contribution >= 4 is 52.4 Å². The van der Waals surface area contributed by atoms with E-state index in [-0.39, 0.29) is 5.91 Å². The van der Waals surface area contributed by atoms with Gasteiger partial charge in [0.15, 0.2) is 5.69 Å². The van der Waals surface area contributed by atoms with Crippen LogP contribution in [0, 0.1) is 6.92 Å². The first kappa shape index (κ1) is 23.8. The third-order valence-electron chi connectivity index (χ3n) is 5.35. The average molecular weight is 506 g/mol. The van der Waals surface area contributed by atoms with Crippen molar-refractivity contribution in [1.29, 1.82) is 0 Å². The number of hydrogen-bond donors (Lipinski definition) is 1. The fourth-order valence-corrected chi connectivity index (χ4v) is 4.48. The maximum absolute atomic E-state index is 13.1. The molecule has 1 aromatic heterocycles. The van der Waals surface area contributed by atoms with Crippen LogP contribution in [0.4, 0.5) is 0 Å². The van der Waals surface area contributed by atoms with Crippen molar-refractivity contribution < 1.29 is 9.53 Å². The summed E-state index contributed by atoms with van der Waals surface area (Å²) in [6.07, 6.45) is 2.00. The van der Waals surface area contributed by atoms with Crippen LogP contribution in [0.15, 0.2) is 42.5 Å². The molecule has 2 heterocycles. The van der Waals surface area contributed by atoms with Gasteiger partial charge in [0.1, 0.15) is 0 Å². The highest BCUT2D eigenvalue weighted by molar-refractivity contribution is 6.35. The van der Waals surface area contributed by atoms with Crippen LogP contribution in [-0.4, -0.2) is 47.0 Å². The van der Waals surface area contributed by atoms with Gasteiger partial charge in [-0.15, -0.1) is 0 Å². The van der Waals surface area contributed by atoms with Gasteiger partial charge in [0.05, 0.1) is 29.6 Å². The number of hydrogen-bond acceptors (Lipinski definition) is 4. The number of nitrogens with one attached hydrogen (secondary N) is 1. The Hall–Kier alpha value is -2.35. The minimum Gasteiger partial charge on any atom is -0.379 e. The summed E-state index contributed by atoms with van der Waals surface area (Å²) in [4.78, 5) is 13.1. The highest BCUT2D eigenvalue weighted by Gasteiger charge is 2.24. The van der Waals surface area contributed by atoms with Gasteiger partial charge < -0.3 is 4.74 Å². The number of morpholine rings is 1. The molecule has 4 rings (SSSR count). The van der Waals surface area contributed by atoms with Crippen LogP contribution in [0.2, 0.25) is 15.1 Å². The largest absolute Gasteiger partial charge is 0.379 e. The molecule has 0 aliphatic carbocycles. The molecule has 1 aliphatic rings. The van der Waals surface area contributed by atoms with Gasteiger partial charge in [0.25, 0.3) is 5.91 Å². The van der Waals surface area contributed by atoms with E-state index in [0.29, 0.717) is 52.8 Å². The van der Waals surface area contributed by atoms with Gasteiger partial charge in [0, 0.05) is 28.7 Å². The number of carbonyl (C=O) groups excluding carboxylic acids is 1. The summed E-state index contributed by atoms with van der Waals surface area (Å²) in [6, 6.07) is 12.7. The van der Waals surface area contributed by atoms with Crippen molar-refractivity contribution in [2.75, 3.05) is 26.3 Å². The van der Waals surface area contributed by atoms with Crippen LogP contribution in [0.1, 0.15) is 34.2 Å². The predicted octanol–water partition coefficient (Wildman–Crippen LogP) is 5.68. The summed E-state index contributed by atoms with van der Waals surface area (Å²) >= 11 is 18.8. The van der Waals surface area contributed by atoms with Gasteiger partial charge in [-0.2, -0.15) is 5.10 Å². The lowest BCUT2D eigenvalue weighted by molar-refractivity contribution is 0.0124. The standard InChI is InChI=1S/C24H23Cl3N4O2/c1-15(12-17-4-3-5-18(25)13-17)23-16(2)22(24(32)29-30-8-10-33-11-9-30)28-31(23)21-7-6-19(26)14-20(21)27/h3-7,12-14H,8-11H2,1-2H3,(H,29,32). The van der Waals surface area contributed by atoms with Crippen LogP contribution < -0.4 is 5.43 Å². The monoisotopic (exact) mass is 504 g/mol. The number of hydrazine groups is 1. The van der Waals surface area contributed by atoms with Crippen molar-refractivity contribution in [3.63, 3.8) is 0 Å². The summed E-state index contributed by atoms with van der Waals surface area (Å²) in [5.41, 5.74) is 7.23. The van der Waals surface area contributed by atoms with Crippen LogP contribution in [0.5, 0.6) is 0 Å². The predicted molar refractivity (Wildman–Crippen MR) is 133 cm³/mol. The molecule has 0 atom stereocenters. The highest BCUT2D eigenvalue weighted by atomic mass is 35.5. The Labute approximate surface area is 207 Å². The molecule has 1 aliphatic heterocycles. The van der Waals surface area contributed by atoms with Crippen molar-refractivity contribution in [2.24, 2.45) is 0 Å². The fourth-order valence-electron chi connectivity index (χ4n) is 3.79. The summed E-state index contributed by atoms with van der Waals surface area (Å²) in [6.45, 7) is 6.23.